The van der Waals surface area contributed by atoms with Crippen LogP contribution in [0.5, 0.6) is 0 Å². The first-order valence-electron chi connectivity index (χ1n) is 8.50. The van der Waals surface area contributed by atoms with Crippen molar-refractivity contribution < 1.29 is 9.59 Å². The number of carbonyl (C=O) groups excluding carboxylic acids is 2. The number of unbranched alkanes of at least 4 members (excludes halogenated alkanes) is 1. The Kier molecular flexibility index (Phi) is 5.12. The van der Waals surface area contributed by atoms with Gasteiger partial charge in [0.2, 0.25) is 11.8 Å². The van der Waals surface area contributed by atoms with E-state index < -0.39 is 5.41 Å². The normalized spacial score (nSPS) is 15.8. The summed E-state index contributed by atoms with van der Waals surface area (Å²) in [5.41, 5.74) is 1.19. The van der Waals surface area contributed by atoms with E-state index >= 15 is 0 Å². The zero-order valence-electron chi connectivity index (χ0n) is 14.7. The van der Waals surface area contributed by atoms with Crippen LogP contribution in [0.25, 0.3) is 0 Å². The van der Waals surface area contributed by atoms with Crippen molar-refractivity contribution in [3.05, 3.63) is 29.8 Å². The Labute approximate surface area is 139 Å². The lowest BCUT2D eigenvalue weighted by atomic mass is 9.87. The molecule has 1 aliphatic carbocycles. The van der Waals surface area contributed by atoms with Gasteiger partial charge in [0.25, 0.3) is 0 Å². The molecule has 2 N–H and O–H groups in total. The highest BCUT2D eigenvalue weighted by Gasteiger charge is 2.56. The van der Waals surface area contributed by atoms with E-state index in [9.17, 15) is 9.59 Å². The maximum Gasteiger partial charge on any atom is 0.240 e. The number of rotatable bonds is 6. The van der Waals surface area contributed by atoms with E-state index in [4.69, 9.17) is 0 Å². The lowest BCUT2D eigenvalue weighted by molar-refractivity contribution is -0.134. The van der Waals surface area contributed by atoms with Crippen LogP contribution in [0.2, 0.25) is 0 Å². The summed E-state index contributed by atoms with van der Waals surface area (Å²) in [4.78, 5) is 24.7. The minimum atomic E-state index is -0.851. The molecule has 23 heavy (non-hydrogen) atoms. The number of hydrogen-bond acceptors (Lipinski definition) is 2. The zero-order chi connectivity index (χ0) is 17.1. The summed E-state index contributed by atoms with van der Waals surface area (Å²) in [5.74, 6) is -0.315. The molecule has 0 aromatic heterocycles. The third-order valence-corrected chi connectivity index (χ3v) is 4.44. The molecule has 1 saturated carbocycles. The van der Waals surface area contributed by atoms with Crippen molar-refractivity contribution in [2.24, 2.45) is 5.41 Å². The monoisotopic (exact) mass is 316 g/mol. The molecule has 0 atom stereocenters. The van der Waals surface area contributed by atoms with Crippen LogP contribution in [0, 0.1) is 5.41 Å². The van der Waals surface area contributed by atoms with Crippen LogP contribution in [0.1, 0.15) is 58.9 Å². The van der Waals surface area contributed by atoms with Gasteiger partial charge in [0.15, 0.2) is 0 Å². The predicted molar refractivity (Wildman–Crippen MR) is 93.4 cm³/mol. The maximum atomic E-state index is 12.5. The summed E-state index contributed by atoms with van der Waals surface area (Å²) in [6, 6.07) is 7.86. The van der Waals surface area contributed by atoms with E-state index in [0.29, 0.717) is 19.4 Å². The van der Waals surface area contributed by atoms with Crippen LogP contribution in [0.3, 0.4) is 0 Å². The molecule has 2 amide bonds. The quantitative estimate of drug-likeness (QED) is 0.622. The van der Waals surface area contributed by atoms with Gasteiger partial charge in [-0.05, 0) is 42.4 Å². The Bertz CT molecular complexity index is 566. The van der Waals surface area contributed by atoms with E-state index in [2.05, 4.69) is 38.3 Å². The Balaban J connectivity index is 1.97. The molecular weight excluding hydrogens is 288 g/mol. The van der Waals surface area contributed by atoms with Crippen molar-refractivity contribution in [3.63, 3.8) is 0 Å². The molecule has 1 aromatic carbocycles. The molecule has 126 valence electrons. The highest BCUT2D eigenvalue weighted by molar-refractivity contribution is 6.13. The molecule has 2 rings (SSSR count). The molecule has 4 nitrogen and oxygen atoms in total. The smallest absolute Gasteiger partial charge is 0.240 e. The first-order chi connectivity index (χ1) is 10.8. The standard InChI is InChI=1S/C19H28N2O2/c1-5-6-13-20-16(22)19(11-12-19)17(23)21-15-9-7-14(8-10-15)18(2,3)4/h7-10H,5-6,11-13H2,1-4H3,(H,20,22)(H,21,23). The molecule has 0 unspecified atom stereocenters. The largest absolute Gasteiger partial charge is 0.355 e. The summed E-state index contributed by atoms with van der Waals surface area (Å²) in [6.45, 7) is 9.18. The Hall–Kier alpha value is -1.84. The average molecular weight is 316 g/mol. The molecule has 0 spiro atoms. The number of anilines is 1. The van der Waals surface area contributed by atoms with Gasteiger partial charge in [-0.2, -0.15) is 0 Å². The SMILES string of the molecule is CCCCNC(=O)C1(C(=O)Nc2ccc(C(C)(C)C)cc2)CC1. The fraction of sp³-hybridized carbons (Fsp3) is 0.579. The van der Waals surface area contributed by atoms with Crippen molar-refractivity contribution in [2.75, 3.05) is 11.9 Å². The molecule has 1 aliphatic rings. The third-order valence-electron chi connectivity index (χ3n) is 4.44. The van der Waals surface area contributed by atoms with Crippen molar-refractivity contribution in [2.45, 2.75) is 58.8 Å². The molecule has 0 heterocycles. The lowest BCUT2D eigenvalue weighted by Crippen LogP contribution is -2.40. The van der Waals surface area contributed by atoms with Gasteiger partial charge in [0.05, 0.1) is 0 Å². The zero-order valence-corrected chi connectivity index (χ0v) is 14.7. The number of amides is 2. The molecule has 4 heteroatoms. The summed E-state index contributed by atoms with van der Waals surface area (Å²) in [6.07, 6.45) is 3.24. The number of benzene rings is 1. The Morgan fingerprint density at radius 1 is 1.09 bits per heavy atom. The van der Waals surface area contributed by atoms with Crippen LogP contribution in [0.15, 0.2) is 24.3 Å². The summed E-state index contributed by atoms with van der Waals surface area (Å²) >= 11 is 0. The van der Waals surface area contributed by atoms with Gasteiger partial charge in [-0.15, -0.1) is 0 Å². The topological polar surface area (TPSA) is 58.2 Å². The second-order valence-corrected chi connectivity index (χ2v) is 7.47. The summed E-state index contributed by atoms with van der Waals surface area (Å²) in [5, 5.41) is 5.78. The van der Waals surface area contributed by atoms with E-state index in [1.807, 2.05) is 24.3 Å². The first kappa shape index (κ1) is 17.5. The fourth-order valence-corrected chi connectivity index (χ4v) is 2.53. The van der Waals surface area contributed by atoms with Crippen LogP contribution >= 0.6 is 0 Å². The van der Waals surface area contributed by atoms with Gasteiger partial charge < -0.3 is 10.6 Å². The first-order valence-corrected chi connectivity index (χ1v) is 8.50. The van der Waals surface area contributed by atoms with Gasteiger partial charge >= 0.3 is 0 Å². The lowest BCUT2D eigenvalue weighted by Gasteiger charge is -2.20. The van der Waals surface area contributed by atoms with Crippen LogP contribution in [0.4, 0.5) is 5.69 Å². The number of hydrogen-bond donors (Lipinski definition) is 2. The van der Waals surface area contributed by atoms with Gasteiger partial charge in [-0.25, -0.2) is 0 Å². The Morgan fingerprint density at radius 3 is 2.17 bits per heavy atom. The predicted octanol–water partition coefficient (Wildman–Crippen LogP) is 3.62. The molecular formula is C19H28N2O2. The van der Waals surface area contributed by atoms with Crippen LogP contribution in [-0.2, 0) is 15.0 Å². The van der Waals surface area contributed by atoms with E-state index in [1.54, 1.807) is 0 Å². The molecule has 0 saturated heterocycles. The van der Waals surface area contributed by atoms with Gasteiger partial charge in [0.1, 0.15) is 5.41 Å². The fourth-order valence-electron chi connectivity index (χ4n) is 2.53. The Morgan fingerprint density at radius 2 is 1.70 bits per heavy atom. The minimum absolute atomic E-state index is 0.0828. The molecule has 0 radical (unpaired) electrons. The molecule has 0 bridgehead atoms. The second kappa shape index (κ2) is 6.73. The summed E-state index contributed by atoms with van der Waals surface area (Å²) < 4.78 is 0. The van der Waals surface area contributed by atoms with Crippen molar-refractivity contribution >= 4 is 17.5 Å². The van der Waals surface area contributed by atoms with E-state index in [0.717, 1.165) is 18.5 Å². The van der Waals surface area contributed by atoms with Crippen LogP contribution < -0.4 is 10.6 Å². The number of carbonyl (C=O) groups is 2. The van der Waals surface area contributed by atoms with E-state index in [1.165, 1.54) is 5.56 Å². The van der Waals surface area contributed by atoms with E-state index in [-0.39, 0.29) is 17.2 Å². The van der Waals surface area contributed by atoms with Gasteiger partial charge in [-0.1, -0.05) is 46.2 Å². The molecule has 0 aliphatic heterocycles. The van der Waals surface area contributed by atoms with Crippen molar-refractivity contribution in [1.29, 1.82) is 0 Å². The van der Waals surface area contributed by atoms with Crippen molar-refractivity contribution in [1.82, 2.24) is 5.32 Å². The molecule has 1 fully saturated rings. The van der Waals surface area contributed by atoms with Gasteiger partial charge in [0, 0.05) is 12.2 Å². The summed E-state index contributed by atoms with van der Waals surface area (Å²) in [7, 11) is 0. The number of nitrogens with one attached hydrogen (secondary N) is 2. The second-order valence-electron chi connectivity index (χ2n) is 7.47. The average Bonchev–Trinajstić information content (AvgIpc) is 3.29. The third kappa shape index (κ3) is 4.12. The maximum absolute atomic E-state index is 12.5. The van der Waals surface area contributed by atoms with Crippen LogP contribution in [-0.4, -0.2) is 18.4 Å². The van der Waals surface area contributed by atoms with Crippen molar-refractivity contribution in [3.8, 4) is 0 Å². The minimum Gasteiger partial charge on any atom is -0.355 e. The van der Waals surface area contributed by atoms with Gasteiger partial charge in [-0.3, -0.25) is 9.59 Å². The molecule has 1 aromatic rings. The highest BCUT2D eigenvalue weighted by atomic mass is 16.2. The highest BCUT2D eigenvalue weighted by Crippen LogP contribution is 2.46.